The Hall–Kier alpha value is -3.16. The molecule has 0 bridgehead atoms. The predicted octanol–water partition coefficient (Wildman–Crippen LogP) is 4.63. The van der Waals surface area contributed by atoms with E-state index < -0.39 is 17.3 Å². The van der Waals surface area contributed by atoms with Gasteiger partial charge in [0.2, 0.25) is 0 Å². The molecular formula is C19H14F3N3O2. The van der Waals surface area contributed by atoms with Crippen molar-refractivity contribution in [2.45, 2.75) is 19.0 Å². The molecule has 0 amide bonds. The van der Waals surface area contributed by atoms with Crippen molar-refractivity contribution >= 4 is 34.4 Å². The average Bonchev–Trinajstić information content (AvgIpc) is 3.32. The summed E-state index contributed by atoms with van der Waals surface area (Å²) in [5.74, 6) is 0.542. The average molecular weight is 373 g/mol. The zero-order valence-electron chi connectivity index (χ0n) is 14.0. The molecule has 27 heavy (non-hydrogen) atoms. The maximum Gasteiger partial charge on any atom is 0.416 e. The van der Waals surface area contributed by atoms with Crippen LogP contribution >= 0.6 is 0 Å². The maximum atomic E-state index is 13.1. The Bertz CT molecular complexity index is 1150. The highest BCUT2D eigenvalue weighted by atomic mass is 19.4. The number of aromatic nitrogens is 2. The van der Waals surface area contributed by atoms with Gasteiger partial charge in [-0.2, -0.15) is 13.2 Å². The van der Waals surface area contributed by atoms with Crippen LogP contribution < -0.4 is 5.56 Å². The van der Waals surface area contributed by atoms with Gasteiger partial charge in [-0.1, -0.05) is 0 Å². The molecule has 0 atom stereocenters. The summed E-state index contributed by atoms with van der Waals surface area (Å²) in [5, 5.41) is 0.371. The molecule has 3 aromatic rings. The molecule has 138 valence electrons. The van der Waals surface area contributed by atoms with E-state index in [0.29, 0.717) is 11.3 Å². The highest BCUT2D eigenvalue weighted by Gasteiger charge is 2.31. The van der Waals surface area contributed by atoms with E-state index in [0.717, 1.165) is 35.9 Å². The van der Waals surface area contributed by atoms with Crippen LogP contribution in [0.1, 0.15) is 18.4 Å². The topological polar surface area (TPSA) is 60.4 Å². The number of benzene rings is 1. The smallest absolute Gasteiger partial charge is 0.416 e. The standard InChI is InChI=1S/C19H14F3N3O2/c20-19(21,22)13-5-6-14-15(9-13)25(18(26)16-17(14)27-11-24-16)8-2-1-7-23-10-12-3-4-12/h1-2,5-12H,3-4H2/b7-1-,8-2+,23-10+. The summed E-state index contributed by atoms with van der Waals surface area (Å²) in [4.78, 5) is 20.6. The molecule has 5 nitrogen and oxygen atoms in total. The van der Waals surface area contributed by atoms with Gasteiger partial charge in [0.1, 0.15) is 0 Å². The summed E-state index contributed by atoms with van der Waals surface area (Å²) in [6, 6.07) is 3.17. The van der Waals surface area contributed by atoms with Gasteiger partial charge in [-0.15, -0.1) is 0 Å². The second-order valence-electron chi connectivity index (χ2n) is 6.25. The number of pyridine rings is 1. The van der Waals surface area contributed by atoms with E-state index in [1.54, 1.807) is 12.3 Å². The molecule has 1 fully saturated rings. The molecule has 0 unspecified atom stereocenters. The predicted molar refractivity (Wildman–Crippen MR) is 96.5 cm³/mol. The van der Waals surface area contributed by atoms with Gasteiger partial charge in [-0.05, 0) is 49.1 Å². The van der Waals surface area contributed by atoms with Crippen molar-refractivity contribution in [2.24, 2.45) is 10.9 Å². The van der Waals surface area contributed by atoms with Gasteiger partial charge in [0.25, 0.3) is 5.56 Å². The highest BCUT2D eigenvalue weighted by Crippen LogP contribution is 2.33. The number of aliphatic imine (C=N–C) groups is 1. The fourth-order valence-corrected chi connectivity index (χ4v) is 2.71. The summed E-state index contributed by atoms with van der Waals surface area (Å²) in [5.41, 5.74) is -1.09. The molecule has 1 aliphatic carbocycles. The molecule has 0 spiro atoms. The quantitative estimate of drug-likeness (QED) is 0.495. The molecular weight excluding hydrogens is 359 g/mol. The second kappa shape index (κ2) is 6.53. The highest BCUT2D eigenvalue weighted by molar-refractivity contribution is 6.01. The molecule has 1 aromatic carbocycles. The van der Waals surface area contributed by atoms with Gasteiger partial charge in [-0.25, -0.2) is 4.98 Å². The first-order valence-corrected chi connectivity index (χ1v) is 8.30. The lowest BCUT2D eigenvalue weighted by atomic mass is 10.1. The van der Waals surface area contributed by atoms with Crippen LogP contribution in [0.4, 0.5) is 13.2 Å². The molecule has 0 N–H and O–H groups in total. The van der Waals surface area contributed by atoms with Crippen molar-refractivity contribution in [3.8, 4) is 0 Å². The fraction of sp³-hybridized carbons (Fsp3) is 0.211. The lowest BCUT2D eigenvalue weighted by Gasteiger charge is -2.10. The zero-order chi connectivity index (χ0) is 19.0. The Morgan fingerprint density at radius 3 is 2.81 bits per heavy atom. The first kappa shape index (κ1) is 17.3. The molecule has 0 radical (unpaired) electrons. The number of nitrogens with zero attached hydrogens (tertiary/aromatic N) is 3. The Morgan fingerprint density at radius 1 is 1.26 bits per heavy atom. The second-order valence-corrected chi connectivity index (χ2v) is 6.25. The van der Waals surface area contributed by atoms with Gasteiger partial charge >= 0.3 is 6.18 Å². The van der Waals surface area contributed by atoms with Crippen LogP contribution in [-0.2, 0) is 6.18 Å². The Balaban J connectivity index is 1.82. The van der Waals surface area contributed by atoms with Gasteiger partial charge in [-0.3, -0.25) is 14.4 Å². The summed E-state index contributed by atoms with van der Waals surface area (Å²) in [7, 11) is 0. The molecule has 1 saturated carbocycles. The lowest BCUT2D eigenvalue weighted by molar-refractivity contribution is -0.137. The van der Waals surface area contributed by atoms with E-state index in [9.17, 15) is 18.0 Å². The first-order valence-electron chi connectivity index (χ1n) is 8.30. The summed E-state index contributed by atoms with van der Waals surface area (Å²) >= 11 is 0. The molecule has 1 aliphatic rings. The number of rotatable bonds is 4. The number of oxazole rings is 1. The molecule has 2 aromatic heterocycles. The number of halogens is 3. The van der Waals surface area contributed by atoms with Crippen LogP contribution in [0.25, 0.3) is 28.2 Å². The third-order valence-electron chi connectivity index (χ3n) is 4.26. The summed E-state index contributed by atoms with van der Waals surface area (Å²) < 4.78 is 45.6. The van der Waals surface area contributed by atoms with Gasteiger partial charge < -0.3 is 4.42 Å². The van der Waals surface area contributed by atoms with E-state index in [2.05, 4.69) is 9.98 Å². The number of allylic oxidation sites excluding steroid dienone is 2. The summed E-state index contributed by atoms with van der Waals surface area (Å²) in [6.07, 6.45) is 6.83. The lowest BCUT2D eigenvalue weighted by Crippen LogP contribution is -2.17. The van der Waals surface area contributed by atoms with Gasteiger partial charge in [0, 0.05) is 24.0 Å². The Morgan fingerprint density at radius 2 is 2.07 bits per heavy atom. The maximum absolute atomic E-state index is 13.1. The molecule has 8 heteroatoms. The molecule has 2 heterocycles. The van der Waals surface area contributed by atoms with Gasteiger partial charge in [0.15, 0.2) is 17.5 Å². The van der Waals surface area contributed by atoms with Crippen LogP contribution in [0.5, 0.6) is 0 Å². The SMILES string of the molecule is O=c1c2ncoc2c2ccc(C(F)(F)F)cc2n1/C=C/C=C\N=C\C1CC1. The van der Waals surface area contributed by atoms with Crippen molar-refractivity contribution in [2.75, 3.05) is 0 Å². The minimum absolute atomic E-state index is 0.0580. The molecule has 0 saturated heterocycles. The van der Waals surface area contributed by atoms with Crippen molar-refractivity contribution < 1.29 is 17.6 Å². The third kappa shape index (κ3) is 3.42. The van der Waals surface area contributed by atoms with Crippen LogP contribution in [0.3, 0.4) is 0 Å². The van der Waals surface area contributed by atoms with E-state index in [-0.39, 0.29) is 16.6 Å². The van der Waals surface area contributed by atoms with E-state index in [1.807, 2.05) is 6.21 Å². The van der Waals surface area contributed by atoms with Crippen LogP contribution in [-0.4, -0.2) is 15.8 Å². The number of fused-ring (bicyclic) bond motifs is 3. The van der Waals surface area contributed by atoms with E-state index in [1.165, 1.54) is 18.3 Å². The molecule has 0 aliphatic heterocycles. The van der Waals surface area contributed by atoms with Crippen molar-refractivity contribution in [3.05, 3.63) is 58.9 Å². The zero-order valence-corrected chi connectivity index (χ0v) is 14.0. The fourth-order valence-electron chi connectivity index (χ4n) is 2.71. The van der Waals surface area contributed by atoms with Crippen LogP contribution in [0, 0.1) is 5.92 Å². The first-order chi connectivity index (χ1) is 12.9. The van der Waals surface area contributed by atoms with E-state index >= 15 is 0 Å². The number of hydrogen-bond acceptors (Lipinski definition) is 4. The minimum Gasteiger partial charge on any atom is -0.443 e. The summed E-state index contributed by atoms with van der Waals surface area (Å²) in [6.45, 7) is 0. The Labute approximate surface area is 151 Å². The van der Waals surface area contributed by atoms with Crippen molar-refractivity contribution in [1.82, 2.24) is 9.55 Å². The number of hydrogen-bond donors (Lipinski definition) is 0. The molecule has 4 rings (SSSR count). The van der Waals surface area contributed by atoms with E-state index in [4.69, 9.17) is 4.42 Å². The third-order valence-corrected chi connectivity index (χ3v) is 4.26. The Kier molecular flexibility index (Phi) is 4.18. The monoisotopic (exact) mass is 373 g/mol. The van der Waals surface area contributed by atoms with Gasteiger partial charge in [0.05, 0.1) is 11.1 Å². The van der Waals surface area contributed by atoms with Crippen LogP contribution in [0.15, 0.2) is 57.1 Å². The van der Waals surface area contributed by atoms with Crippen molar-refractivity contribution in [3.63, 3.8) is 0 Å². The largest absolute Gasteiger partial charge is 0.443 e. The number of alkyl halides is 3. The van der Waals surface area contributed by atoms with Crippen molar-refractivity contribution in [1.29, 1.82) is 0 Å². The normalized spacial score (nSPS) is 16.0. The van der Waals surface area contributed by atoms with Crippen LogP contribution in [0.2, 0.25) is 0 Å². The minimum atomic E-state index is -4.52.